The Hall–Kier alpha value is -1.95. The molecule has 2 aromatic rings. The van der Waals surface area contributed by atoms with Gasteiger partial charge < -0.3 is 5.73 Å². The maximum absolute atomic E-state index is 12.3. The van der Waals surface area contributed by atoms with Gasteiger partial charge in [0.05, 0.1) is 5.69 Å². The van der Waals surface area contributed by atoms with E-state index in [1.54, 1.807) is 12.1 Å². The molecule has 0 saturated heterocycles. The summed E-state index contributed by atoms with van der Waals surface area (Å²) in [6.45, 7) is 6.12. The molecule has 6 heteroatoms. The van der Waals surface area contributed by atoms with Crippen LogP contribution in [0, 0.1) is 6.92 Å². The first-order chi connectivity index (χ1) is 10.0. The fourth-order valence-corrected chi connectivity index (χ4v) is 3.00. The van der Waals surface area contributed by atoms with Crippen molar-refractivity contribution in [3.8, 4) is 0 Å². The number of nitrogens with zero attached hydrogens (tertiary/aromatic N) is 2. The SMILES string of the molecule is CCCc1cc(C(=O)Nc2nc(CC)c(C)s2)cc(N)n1. The summed E-state index contributed by atoms with van der Waals surface area (Å²) in [6.07, 6.45) is 2.63. The quantitative estimate of drug-likeness (QED) is 0.889. The molecule has 1 amide bonds. The zero-order chi connectivity index (χ0) is 15.4. The van der Waals surface area contributed by atoms with Crippen LogP contribution in [-0.2, 0) is 12.8 Å². The molecule has 0 radical (unpaired) electrons. The highest BCUT2D eigenvalue weighted by Gasteiger charge is 2.12. The van der Waals surface area contributed by atoms with Crippen LogP contribution in [0.4, 0.5) is 10.9 Å². The molecule has 3 N–H and O–H groups in total. The summed E-state index contributed by atoms with van der Waals surface area (Å²) in [5.41, 5.74) is 8.16. The number of thiazole rings is 1. The lowest BCUT2D eigenvalue weighted by Gasteiger charge is -2.05. The van der Waals surface area contributed by atoms with Gasteiger partial charge >= 0.3 is 0 Å². The number of hydrogen-bond donors (Lipinski definition) is 2. The van der Waals surface area contributed by atoms with E-state index in [9.17, 15) is 4.79 Å². The molecule has 0 bridgehead atoms. The number of amides is 1. The summed E-state index contributed by atoms with van der Waals surface area (Å²) < 4.78 is 0. The van der Waals surface area contributed by atoms with Crippen LogP contribution in [0.25, 0.3) is 0 Å². The number of aromatic nitrogens is 2. The van der Waals surface area contributed by atoms with Crippen molar-refractivity contribution in [3.05, 3.63) is 34.0 Å². The smallest absolute Gasteiger partial charge is 0.257 e. The molecule has 2 heterocycles. The second-order valence-electron chi connectivity index (χ2n) is 4.85. The van der Waals surface area contributed by atoms with E-state index >= 15 is 0 Å². The second-order valence-corrected chi connectivity index (χ2v) is 6.05. The highest BCUT2D eigenvalue weighted by Crippen LogP contribution is 2.23. The van der Waals surface area contributed by atoms with E-state index in [0.717, 1.165) is 35.5 Å². The van der Waals surface area contributed by atoms with Gasteiger partial charge in [-0.1, -0.05) is 20.3 Å². The molecular formula is C15H20N4OS. The van der Waals surface area contributed by atoms with Gasteiger partial charge in [-0.15, -0.1) is 11.3 Å². The number of carbonyl (C=O) groups excluding carboxylic acids is 1. The number of anilines is 2. The van der Waals surface area contributed by atoms with Crippen LogP contribution >= 0.6 is 11.3 Å². The molecule has 5 nitrogen and oxygen atoms in total. The Kier molecular flexibility index (Phi) is 4.90. The minimum absolute atomic E-state index is 0.196. The molecule has 0 aromatic carbocycles. The van der Waals surface area contributed by atoms with Gasteiger partial charge in [0.2, 0.25) is 0 Å². The minimum Gasteiger partial charge on any atom is -0.384 e. The molecule has 112 valence electrons. The Morgan fingerprint density at radius 2 is 2.10 bits per heavy atom. The summed E-state index contributed by atoms with van der Waals surface area (Å²) in [7, 11) is 0. The van der Waals surface area contributed by atoms with Crippen LogP contribution < -0.4 is 11.1 Å². The summed E-state index contributed by atoms with van der Waals surface area (Å²) in [5, 5.41) is 3.46. The molecule has 21 heavy (non-hydrogen) atoms. The van der Waals surface area contributed by atoms with Gasteiger partial charge in [0.1, 0.15) is 5.82 Å². The van der Waals surface area contributed by atoms with Crippen molar-refractivity contribution >= 4 is 28.2 Å². The number of rotatable bonds is 5. The van der Waals surface area contributed by atoms with Crippen LogP contribution in [0.1, 0.15) is 46.9 Å². The molecular weight excluding hydrogens is 284 g/mol. The van der Waals surface area contributed by atoms with Crippen LogP contribution in [0.5, 0.6) is 0 Å². The molecule has 0 saturated carbocycles. The van der Waals surface area contributed by atoms with Crippen molar-refractivity contribution in [2.45, 2.75) is 40.0 Å². The van der Waals surface area contributed by atoms with Gasteiger partial charge in [0.25, 0.3) is 5.91 Å². The van der Waals surface area contributed by atoms with E-state index in [2.05, 4.69) is 22.2 Å². The van der Waals surface area contributed by atoms with Crippen molar-refractivity contribution in [3.63, 3.8) is 0 Å². The first-order valence-corrected chi connectivity index (χ1v) is 7.89. The van der Waals surface area contributed by atoms with Gasteiger partial charge in [-0.2, -0.15) is 0 Å². The Morgan fingerprint density at radius 1 is 1.33 bits per heavy atom. The zero-order valence-corrected chi connectivity index (χ0v) is 13.4. The molecule has 0 spiro atoms. The van der Waals surface area contributed by atoms with Crippen LogP contribution in [-0.4, -0.2) is 15.9 Å². The monoisotopic (exact) mass is 304 g/mol. The van der Waals surface area contributed by atoms with Crippen molar-refractivity contribution in [1.29, 1.82) is 0 Å². The summed E-state index contributed by atoms with van der Waals surface area (Å²) in [6, 6.07) is 3.38. The van der Waals surface area contributed by atoms with Gasteiger partial charge in [-0.3, -0.25) is 10.1 Å². The molecule has 2 aromatic heterocycles. The minimum atomic E-state index is -0.196. The van der Waals surface area contributed by atoms with Crippen molar-refractivity contribution in [2.24, 2.45) is 0 Å². The normalized spacial score (nSPS) is 10.6. The van der Waals surface area contributed by atoms with E-state index in [1.165, 1.54) is 11.3 Å². The van der Waals surface area contributed by atoms with Gasteiger partial charge in [0.15, 0.2) is 5.13 Å². The lowest BCUT2D eigenvalue weighted by atomic mass is 10.1. The van der Waals surface area contributed by atoms with Crippen LogP contribution in [0.15, 0.2) is 12.1 Å². The van der Waals surface area contributed by atoms with E-state index in [1.807, 2.05) is 13.8 Å². The number of nitrogens with two attached hydrogens (primary N) is 1. The van der Waals surface area contributed by atoms with Crippen molar-refractivity contribution < 1.29 is 4.79 Å². The van der Waals surface area contributed by atoms with Crippen molar-refractivity contribution in [2.75, 3.05) is 11.1 Å². The third-order valence-electron chi connectivity index (χ3n) is 3.11. The largest absolute Gasteiger partial charge is 0.384 e. The molecule has 2 rings (SSSR count). The maximum atomic E-state index is 12.3. The predicted molar refractivity (Wildman–Crippen MR) is 86.8 cm³/mol. The van der Waals surface area contributed by atoms with E-state index < -0.39 is 0 Å². The van der Waals surface area contributed by atoms with Crippen LogP contribution in [0.2, 0.25) is 0 Å². The molecule has 0 atom stereocenters. The zero-order valence-electron chi connectivity index (χ0n) is 12.6. The van der Waals surface area contributed by atoms with Crippen LogP contribution in [0.3, 0.4) is 0 Å². The average Bonchev–Trinajstić information content (AvgIpc) is 2.78. The number of carbonyl (C=O) groups is 1. The maximum Gasteiger partial charge on any atom is 0.257 e. The number of nitrogen functional groups attached to an aromatic ring is 1. The summed E-state index contributed by atoms with van der Waals surface area (Å²) in [5.74, 6) is 0.175. The Morgan fingerprint density at radius 3 is 2.71 bits per heavy atom. The first-order valence-electron chi connectivity index (χ1n) is 7.07. The number of nitrogens with one attached hydrogen (secondary N) is 1. The Balaban J connectivity index is 2.19. The van der Waals surface area contributed by atoms with Crippen molar-refractivity contribution in [1.82, 2.24) is 9.97 Å². The molecule has 0 aliphatic carbocycles. The molecule has 0 aliphatic rings. The van der Waals surface area contributed by atoms with Gasteiger partial charge in [0, 0.05) is 16.1 Å². The standard InChI is InChI=1S/C15H20N4OS/c1-4-6-11-7-10(8-13(16)17-11)14(20)19-15-18-12(5-2)9(3)21-15/h7-8H,4-6H2,1-3H3,(H2,16,17)(H,18,19,20). The van der Waals surface area contributed by atoms with E-state index in [-0.39, 0.29) is 5.91 Å². The average molecular weight is 304 g/mol. The fourth-order valence-electron chi connectivity index (χ4n) is 2.10. The lowest BCUT2D eigenvalue weighted by Crippen LogP contribution is -2.13. The molecule has 0 aliphatic heterocycles. The van der Waals surface area contributed by atoms with Gasteiger partial charge in [-0.25, -0.2) is 9.97 Å². The summed E-state index contributed by atoms with van der Waals surface area (Å²) in [4.78, 5) is 22.1. The topological polar surface area (TPSA) is 80.9 Å². The van der Waals surface area contributed by atoms with E-state index in [4.69, 9.17) is 5.73 Å². The highest BCUT2D eigenvalue weighted by atomic mass is 32.1. The summed E-state index contributed by atoms with van der Waals surface area (Å²) >= 11 is 1.49. The highest BCUT2D eigenvalue weighted by molar-refractivity contribution is 7.15. The fraction of sp³-hybridized carbons (Fsp3) is 0.400. The molecule has 0 fully saturated rings. The van der Waals surface area contributed by atoms with Gasteiger partial charge in [-0.05, 0) is 31.9 Å². The lowest BCUT2D eigenvalue weighted by molar-refractivity contribution is 0.102. The van der Waals surface area contributed by atoms with E-state index in [0.29, 0.717) is 16.5 Å². The number of hydrogen-bond acceptors (Lipinski definition) is 5. The molecule has 0 unspecified atom stereocenters. The first kappa shape index (κ1) is 15.4. The number of aryl methyl sites for hydroxylation is 3. The third kappa shape index (κ3) is 3.78. The number of pyridine rings is 1. The Labute approximate surface area is 128 Å². The Bertz CT molecular complexity index is 651. The second kappa shape index (κ2) is 6.67. The third-order valence-corrected chi connectivity index (χ3v) is 4.04. The predicted octanol–water partition coefficient (Wildman–Crippen LogP) is 3.20.